The number of rotatable bonds is 2. The highest BCUT2D eigenvalue weighted by Gasteiger charge is 2.34. The molecular formula is C14H19BrN2OS. The number of nitrogens with zero attached hydrogens (tertiary/aromatic N) is 2. The van der Waals surface area contributed by atoms with Gasteiger partial charge in [-0.05, 0) is 38.2 Å². The van der Waals surface area contributed by atoms with Gasteiger partial charge in [0, 0.05) is 28.5 Å². The molecule has 1 aliphatic rings. The minimum atomic E-state index is 0.0775. The molecule has 1 fully saturated rings. The first kappa shape index (κ1) is 14.9. The second-order valence-corrected chi connectivity index (χ2v) is 6.78. The van der Waals surface area contributed by atoms with E-state index < -0.39 is 0 Å². The summed E-state index contributed by atoms with van der Waals surface area (Å²) in [5.74, 6) is 0.575. The van der Waals surface area contributed by atoms with Crippen LogP contribution in [0, 0.1) is 5.92 Å². The van der Waals surface area contributed by atoms with E-state index in [1.165, 1.54) is 0 Å². The Balaban J connectivity index is 2.17. The molecule has 5 heteroatoms. The summed E-state index contributed by atoms with van der Waals surface area (Å²) in [6, 6.07) is 6.01. The number of carbonyl (C=O) groups is 1. The predicted octanol–water partition coefficient (Wildman–Crippen LogP) is 2.76. The van der Waals surface area contributed by atoms with Crippen LogP contribution in [0.3, 0.4) is 0 Å². The van der Waals surface area contributed by atoms with Gasteiger partial charge < -0.3 is 9.80 Å². The molecular weight excluding hydrogens is 324 g/mol. The first-order chi connectivity index (χ1) is 8.90. The molecule has 19 heavy (non-hydrogen) atoms. The van der Waals surface area contributed by atoms with E-state index in [4.69, 9.17) is 0 Å². The molecule has 2 unspecified atom stereocenters. The molecule has 1 amide bonds. The average Bonchev–Trinajstić information content (AvgIpc) is 2.70. The average molecular weight is 343 g/mol. The first-order valence-corrected chi connectivity index (χ1v) is 7.58. The molecule has 0 bridgehead atoms. The zero-order valence-electron chi connectivity index (χ0n) is 11.4. The van der Waals surface area contributed by atoms with Crippen molar-refractivity contribution in [3.05, 3.63) is 28.2 Å². The Kier molecular flexibility index (Phi) is 4.58. The smallest absolute Gasteiger partial charge is 0.255 e. The molecule has 1 aromatic rings. The fraction of sp³-hybridized carbons (Fsp3) is 0.500. The van der Waals surface area contributed by atoms with Gasteiger partial charge in [-0.25, -0.2) is 0 Å². The summed E-state index contributed by atoms with van der Waals surface area (Å²) in [4.78, 5) is 17.4. The Morgan fingerprint density at radius 2 is 2.11 bits per heavy atom. The normalized spacial score (nSPS) is 23.2. The van der Waals surface area contributed by atoms with E-state index in [1.807, 2.05) is 23.1 Å². The zero-order chi connectivity index (χ0) is 14.2. The van der Waals surface area contributed by atoms with Crippen LogP contribution in [0.2, 0.25) is 0 Å². The van der Waals surface area contributed by atoms with Crippen LogP contribution in [0.4, 0.5) is 0 Å². The van der Waals surface area contributed by atoms with Gasteiger partial charge in [0.15, 0.2) is 0 Å². The van der Waals surface area contributed by atoms with E-state index >= 15 is 0 Å². The standard InChI is InChI=1S/C14H19BrN2OS/c1-9-7-17(8-12(9)16(2)3)14(18)11-5-4-10(15)6-13(11)19/h4-6,9,12,19H,7-8H2,1-3H3. The number of hydrogen-bond acceptors (Lipinski definition) is 3. The number of amides is 1. The predicted molar refractivity (Wildman–Crippen MR) is 83.9 cm³/mol. The van der Waals surface area contributed by atoms with E-state index in [0.717, 1.165) is 22.5 Å². The van der Waals surface area contributed by atoms with Gasteiger partial charge in [0.1, 0.15) is 0 Å². The van der Waals surface area contributed by atoms with Gasteiger partial charge in [0.05, 0.1) is 5.56 Å². The number of hydrogen-bond donors (Lipinski definition) is 1. The van der Waals surface area contributed by atoms with Crippen LogP contribution in [0.5, 0.6) is 0 Å². The van der Waals surface area contributed by atoms with E-state index in [9.17, 15) is 4.79 Å². The van der Waals surface area contributed by atoms with Crippen molar-refractivity contribution >= 4 is 34.5 Å². The molecule has 0 radical (unpaired) electrons. The molecule has 104 valence electrons. The lowest BCUT2D eigenvalue weighted by Crippen LogP contribution is -2.35. The van der Waals surface area contributed by atoms with Crippen LogP contribution in [-0.2, 0) is 0 Å². The Labute approximate surface area is 128 Å². The summed E-state index contributed by atoms with van der Waals surface area (Å²) in [5, 5.41) is 0. The number of likely N-dealkylation sites (N-methyl/N-ethyl adjacent to an activating group) is 1. The number of benzene rings is 1. The number of halogens is 1. The van der Waals surface area contributed by atoms with Crippen molar-refractivity contribution in [2.75, 3.05) is 27.2 Å². The van der Waals surface area contributed by atoms with Crippen molar-refractivity contribution in [2.45, 2.75) is 17.9 Å². The Bertz CT molecular complexity index is 492. The van der Waals surface area contributed by atoms with Crippen LogP contribution >= 0.6 is 28.6 Å². The fourth-order valence-electron chi connectivity index (χ4n) is 2.64. The minimum absolute atomic E-state index is 0.0775. The second kappa shape index (κ2) is 5.85. The van der Waals surface area contributed by atoms with Gasteiger partial charge in [-0.15, -0.1) is 12.6 Å². The highest BCUT2D eigenvalue weighted by Crippen LogP contribution is 2.25. The van der Waals surface area contributed by atoms with Gasteiger partial charge in [-0.2, -0.15) is 0 Å². The number of likely N-dealkylation sites (tertiary alicyclic amines) is 1. The Morgan fingerprint density at radius 3 is 2.63 bits per heavy atom. The summed E-state index contributed by atoms with van der Waals surface area (Å²) in [5.41, 5.74) is 0.679. The highest BCUT2D eigenvalue weighted by molar-refractivity contribution is 9.10. The summed E-state index contributed by atoms with van der Waals surface area (Å²) in [7, 11) is 4.14. The molecule has 0 aliphatic carbocycles. The van der Waals surface area contributed by atoms with Crippen molar-refractivity contribution in [3.8, 4) is 0 Å². The summed E-state index contributed by atoms with van der Waals surface area (Å²) < 4.78 is 0.940. The first-order valence-electron chi connectivity index (χ1n) is 6.34. The molecule has 1 heterocycles. The lowest BCUT2D eigenvalue weighted by atomic mass is 10.1. The molecule has 0 aromatic heterocycles. The van der Waals surface area contributed by atoms with Crippen molar-refractivity contribution in [3.63, 3.8) is 0 Å². The van der Waals surface area contributed by atoms with Gasteiger partial charge >= 0.3 is 0 Å². The van der Waals surface area contributed by atoms with E-state index in [2.05, 4.69) is 54.5 Å². The fourth-order valence-corrected chi connectivity index (χ4v) is 3.49. The maximum absolute atomic E-state index is 12.5. The maximum Gasteiger partial charge on any atom is 0.255 e. The van der Waals surface area contributed by atoms with Crippen molar-refractivity contribution in [1.82, 2.24) is 9.80 Å². The number of carbonyl (C=O) groups excluding carboxylic acids is 1. The summed E-state index contributed by atoms with van der Waals surface area (Å²) in [6.07, 6.45) is 0. The van der Waals surface area contributed by atoms with Crippen LogP contribution in [0.25, 0.3) is 0 Å². The third-order valence-corrected chi connectivity index (χ3v) is 4.58. The molecule has 1 saturated heterocycles. The second-order valence-electron chi connectivity index (χ2n) is 5.38. The molecule has 0 saturated carbocycles. The topological polar surface area (TPSA) is 23.6 Å². The highest BCUT2D eigenvalue weighted by atomic mass is 79.9. The molecule has 2 rings (SSSR count). The number of thiol groups is 1. The van der Waals surface area contributed by atoms with Crippen LogP contribution in [0.1, 0.15) is 17.3 Å². The van der Waals surface area contributed by atoms with E-state index in [-0.39, 0.29) is 5.91 Å². The quantitative estimate of drug-likeness (QED) is 0.835. The SMILES string of the molecule is CC1CN(C(=O)c2ccc(Br)cc2S)CC1N(C)C. The lowest BCUT2D eigenvalue weighted by Gasteiger charge is -2.22. The van der Waals surface area contributed by atoms with Crippen LogP contribution in [-0.4, -0.2) is 48.9 Å². The zero-order valence-corrected chi connectivity index (χ0v) is 13.9. The largest absolute Gasteiger partial charge is 0.337 e. The Morgan fingerprint density at radius 1 is 1.42 bits per heavy atom. The summed E-state index contributed by atoms with van der Waals surface area (Å²) >= 11 is 7.78. The molecule has 2 atom stereocenters. The maximum atomic E-state index is 12.5. The molecule has 3 nitrogen and oxygen atoms in total. The van der Waals surface area contributed by atoms with Crippen molar-refractivity contribution in [1.29, 1.82) is 0 Å². The molecule has 0 N–H and O–H groups in total. The minimum Gasteiger partial charge on any atom is -0.337 e. The van der Waals surface area contributed by atoms with Gasteiger partial charge in [-0.3, -0.25) is 4.79 Å². The monoisotopic (exact) mass is 342 g/mol. The van der Waals surface area contributed by atoms with Gasteiger partial charge in [0.25, 0.3) is 5.91 Å². The molecule has 1 aromatic carbocycles. The summed E-state index contributed by atoms with van der Waals surface area (Å²) in [6.45, 7) is 3.79. The van der Waals surface area contributed by atoms with Gasteiger partial charge in [-0.1, -0.05) is 22.9 Å². The Hall–Kier alpha value is -0.520. The van der Waals surface area contributed by atoms with Crippen molar-refractivity contribution < 1.29 is 4.79 Å². The van der Waals surface area contributed by atoms with E-state index in [1.54, 1.807) is 0 Å². The van der Waals surface area contributed by atoms with Crippen LogP contribution in [0.15, 0.2) is 27.6 Å². The molecule has 0 spiro atoms. The van der Waals surface area contributed by atoms with Crippen LogP contribution < -0.4 is 0 Å². The molecule has 1 aliphatic heterocycles. The van der Waals surface area contributed by atoms with Gasteiger partial charge in [0.2, 0.25) is 0 Å². The third-order valence-electron chi connectivity index (χ3n) is 3.71. The van der Waals surface area contributed by atoms with Crippen molar-refractivity contribution in [2.24, 2.45) is 5.92 Å². The third kappa shape index (κ3) is 3.15. The van der Waals surface area contributed by atoms with E-state index in [0.29, 0.717) is 17.5 Å². The lowest BCUT2D eigenvalue weighted by molar-refractivity contribution is 0.0778.